The molecule has 2 aliphatic rings. The Hall–Kier alpha value is -1.80. The van der Waals surface area contributed by atoms with Crippen molar-refractivity contribution in [2.24, 2.45) is 5.92 Å². The largest absolute Gasteiger partial charge is 0.356 e. The van der Waals surface area contributed by atoms with E-state index in [1.807, 2.05) is 0 Å². The molecule has 0 bridgehead atoms. The van der Waals surface area contributed by atoms with Gasteiger partial charge in [0.25, 0.3) is 0 Å². The van der Waals surface area contributed by atoms with Crippen LogP contribution in [0.5, 0.6) is 0 Å². The van der Waals surface area contributed by atoms with E-state index in [1.54, 1.807) is 0 Å². The van der Waals surface area contributed by atoms with Crippen molar-refractivity contribution in [3.8, 4) is 0 Å². The van der Waals surface area contributed by atoms with E-state index in [2.05, 4.69) is 11.4 Å². The number of hydrogen-bond acceptors (Lipinski definition) is 3. The highest BCUT2D eigenvalue weighted by atomic mass is 32.2. The van der Waals surface area contributed by atoms with Crippen molar-refractivity contribution in [2.45, 2.75) is 49.8 Å². The van der Waals surface area contributed by atoms with Crippen molar-refractivity contribution in [2.75, 3.05) is 19.6 Å². The Morgan fingerprint density at radius 3 is 2.54 bits per heavy atom. The maximum Gasteiger partial charge on any atom is 0.243 e. The van der Waals surface area contributed by atoms with Crippen LogP contribution in [0.2, 0.25) is 0 Å². The van der Waals surface area contributed by atoms with Crippen LogP contribution in [0.4, 0.5) is 8.78 Å². The molecule has 0 spiro atoms. The molecule has 1 aliphatic carbocycles. The molecular formula is C20H26F2N2O3S. The monoisotopic (exact) mass is 412 g/mol. The van der Waals surface area contributed by atoms with Gasteiger partial charge >= 0.3 is 0 Å². The van der Waals surface area contributed by atoms with Gasteiger partial charge in [-0.15, -0.1) is 0 Å². The lowest BCUT2D eigenvalue weighted by molar-refractivity contribution is -0.126. The molecule has 1 N–H and O–H groups in total. The average Bonchev–Trinajstić information content (AvgIpc) is 2.71. The molecule has 8 heteroatoms. The summed E-state index contributed by atoms with van der Waals surface area (Å²) in [6.07, 6.45) is 8.64. The molecule has 0 saturated carbocycles. The third kappa shape index (κ3) is 4.97. The second-order valence-electron chi connectivity index (χ2n) is 7.40. The molecule has 1 aromatic rings. The van der Waals surface area contributed by atoms with Gasteiger partial charge in [-0.1, -0.05) is 11.6 Å². The van der Waals surface area contributed by atoms with Crippen LogP contribution >= 0.6 is 0 Å². The summed E-state index contributed by atoms with van der Waals surface area (Å²) >= 11 is 0. The number of nitrogens with zero attached hydrogens (tertiary/aromatic N) is 1. The minimum atomic E-state index is -3.89. The number of allylic oxidation sites excluding steroid dienone is 1. The molecule has 0 unspecified atom stereocenters. The first-order chi connectivity index (χ1) is 13.4. The highest BCUT2D eigenvalue weighted by molar-refractivity contribution is 7.89. The molecule has 3 rings (SSSR count). The predicted molar refractivity (Wildman–Crippen MR) is 102 cm³/mol. The van der Waals surface area contributed by atoms with Crippen molar-refractivity contribution < 1.29 is 22.0 Å². The van der Waals surface area contributed by atoms with Gasteiger partial charge in [0.05, 0.1) is 4.90 Å². The summed E-state index contributed by atoms with van der Waals surface area (Å²) in [6.45, 7) is 0.979. The van der Waals surface area contributed by atoms with E-state index >= 15 is 0 Å². The standard InChI is InChI=1S/C20H26F2N2O3S/c21-18-7-6-17(14-19(18)22)28(26,27)24-12-9-16(10-13-24)20(25)23-11-8-15-4-2-1-3-5-15/h4,6-7,14,16H,1-3,5,8-13H2,(H,23,25). The lowest BCUT2D eigenvalue weighted by Crippen LogP contribution is -2.43. The Morgan fingerprint density at radius 2 is 1.89 bits per heavy atom. The lowest BCUT2D eigenvalue weighted by atomic mass is 9.96. The van der Waals surface area contributed by atoms with Gasteiger partial charge in [0.15, 0.2) is 11.6 Å². The highest BCUT2D eigenvalue weighted by Gasteiger charge is 2.32. The van der Waals surface area contributed by atoms with E-state index in [0.717, 1.165) is 31.4 Å². The van der Waals surface area contributed by atoms with Gasteiger partial charge in [0, 0.05) is 25.6 Å². The number of halogens is 2. The topological polar surface area (TPSA) is 66.5 Å². The summed E-state index contributed by atoms with van der Waals surface area (Å²) < 4.78 is 52.9. The number of amides is 1. The van der Waals surface area contributed by atoms with Gasteiger partial charge < -0.3 is 5.32 Å². The fourth-order valence-electron chi connectivity index (χ4n) is 3.77. The van der Waals surface area contributed by atoms with E-state index in [1.165, 1.54) is 22.7 Å². The van der Waals surface area contributed by atoms with E-state index < -0.39 is 21.7 Å². The molecular weight excluding hydrogens is 386 g/mol. The van der Waals surface area contributed by atoms with E-state index in [-0.39, 0.29) is 29.8 Å². The summed E-state index contributed by atoms with van der Waals surface area (Å²) in [7, 11) is -3.89. The van der Waals surface area contributed by atoms with Crippen LogP contribution in [-0.4, -0.2) is 38.3 Å². The summed E-state index contributed by atoms with van der Waals surface area (Å²) in [4.78, 5) is 12.1. The zero-order chi connectivity index (χ0) is 20.1. The minimum Gasteiger partial charge on any atom is -0.356 e. The zero-order valence-electron chi connectivity index (χ0n) is 15.8. The molecule has 1 amide bonds. The van der Waals surface area contributed by atoms with Gasteiger partial charge in [-0.2, -0.15) is 4.31 Å². The fraction of sp³-hybridized carbons (Fsp3) is 0.550. The quantitative estimate of drug-likeness (QED) is 0.729. The summed E-state index contributed by atoms with van der Waals surface area (Å²) in [5.74, 6) is -2.54. The molecule has 1 aliphatic heterocycles. The van der Waals surface area contributed by atoms with Crippen LogP contribution in [0.15, 0.2) is 34.7 Å². The normalized spacial score (nSPS) is 19.3. The maximum absolute atomic E-state index is 13.4. The first-order valence-electron chi connectivity index (χ1n) is 9.79. The second-order valence-corrected chi connectivity index (χ2v) is 9.34. The molecule has 0 atom stereocenters. The lowest BCUT2D eigenvalue weighted by Gasteiger charge is -2.30. The zero-order valence-corrected chi connectivity index (χ0v) is 16.6. The molecule has 0 aromatic heterocycles. The number of nitrogens with one attached hydrogen (secondary N) is 1. The fourth-order valence-corrected chi connectivity index (χ4v) is 5.25. The summed E-state index contributed by atoms with van der Waals surface area (Å²) in [5.41, 5.74) is 1.40. The maximum atomic E-state index is 13.4. The molecule has 1 aromatic carbocycles. The van der Waals surface area contributed by atoms with Gasteiger partial charge in [0.2, 0.25) is 15.9 Å². The minimum absolute atomic E-state index is 0.0405. The Kier molecular flexibility index (Phi) is 6.82. The van der Waals surface area contributed by atoms with Crippen LogP contribution in [0, 0.1) is 17.6 Å². The molecule has 1 saturated heterocycles. The highest BCUT2D eigenvalue weighted by Crippen LogP contribution is 2.25. The number of piperidine rings is 1. The smallest absolute Gasteiger partial charge is 0.243 e. The summed E-state index contributed by atoms with van der Waals surface area (Å²) in [5, 5.41) is 2.96. The van der Waals surface area contributed by atoms with E-state index in [9.17, 15) is 22.0 Å². The second kappa shape index (κ2) is 9.13. The van der Waals surface area contributed by atoms with Gasteiger partial charge in [-0.3, -0.25) is 4.79 Å². The van der Waals surface area contributed by atoms with Crippen molar-refractivity contribution in [1.82, 2.24) is 9.62 Å². The Bertz CT molecular complexity index is 847. The first-order valence-corrected chi connectivity index (χ1v) is 11.2. The number of carbonyl (C=O) groups is 1. The molecule has 0 radical (unpaired) electrons. The van der Waals surface area contributed by atoms with E-state index in [4.69, 9.17) is 0 Å². The molecule has 154 valence electrons. The average molecular weight is 413 g/mol. The molecule has 1 fully saturated rings. The van der Waals surface area contributed by atoms with Gasteiger partial charge in [-0.25, -0.2) is 17.2 Å². The SMILES string of the molecule is O=C(NCCC1=CCCCC1)C1CCN(S(=O)(=O)c2ccc(F)c(F)c2)CC1. The van der Waals surface area contributed by atoms with Crippen LogP contribution in [0.25, 0.3) is 0 Å². The number of hydrogen-bond donors (Lipinski definition) is 1. The number of carbonyl (C=O) groups excluding carboxylic acids is 1. The Morgan fingerprint density at radius 1 is 1.14 bits per heavy atom. The van der Waals surface area contributed by atoms with E-state index in [0.29, 0.717) is 25.5 Å². The Balaban J connectivity index is 1.49. The van der Waals surface area contributed by atoms with Crippen molar-refractivity contribution in [1.29, 1.82) is 0 Å². The van der Waals surface area contributed by atoms with Crippen LogP contribution in [0.1, 0.15) is 44.9 Å². The Labute approximate surface area is 164 Å². The molecule has 28 heavy (non-hydrogen) atoms. The summed E-state index contributed by atoms with van der Waals surface area (Å²) in [6, 6.07) is 2.57. The number of benzene rings is 1. The number of rotatable bonds is 6. The first kappa shape index (κ1) is 20.9. The number of sulfonamides is 1. The van der Waals surface area contributed by atoms with Crippen LogP contribution in [-0.2, 0) is 14.8 Å². The van der Waals surface area contributed by atoms with Crippen LogP contribution < -0.4 is 5.32 Å². The van der Waals surface area contributed by atoms with Gasteiger partial charge in [0.1, 0.15) is 0 Å². The predicted octanol–water partition coefficient (Wildman–Crippen LogP) is 3.37. The third-order valence-electron chi connectivity index (χ3n) is 5.48. The van der Waals surface area contributed by atoms with Crippen molar-refractivity contribution in [3.05, 3.63) is 41.5 Å². The van der Waals surface area contributed by atoms with Gasteiger partial charge in [-0.05, 0) is 63.1 Å². The third-order valence-corrected chi connectivity index (χ3v) is 7.38. The van der Waals surface area contributed by atoms with Crippen LogP contribution in [0.3, 0.4) is 0 Å². The molecule has 1 heterocycles. The van der Waals surface area contributed by atoms with Crippen molar-refractivity contribution >= 4 is 15.9 Å². The van der Waals surface area contributed by atoms with Crippen molar-refractivity contribution in [3.63, 3.8) is 0 Å². The molecule has 5 nitrogen and oxygen atoms in total.